The third-order valence-corrected chi connectivity index (χ3v) is 3.68. The van der Waals surface area contributed by atoms with E-state index in [-0.39, 0.29) is 11.6 Å². The first kappa shape index (κ1) is 18.8. The zero-order valence-corrected chi connectivity index (χ0v) is 15.2. The van der Waals surface area contributed by atoms with Crippen LogP contribution in [-0.2, 0) is 9.53 Å². The third kappa shape index (κ3) is 4.51. The number of carbonyl (C=O) groups is 2. The zero-order chi connectivity index (χ0) is 18.6. The number of benzene rings is 1. The van der Waals surface area contributed by atoms with Gasteiger partial charge in [0.2, 0.25) is 0 Å². The average molecular weight is 366 g/mol. The molecule has 1 atom stereocenters. The molecule has 0 unspecified atom stereocenters. The molecule has 1 N–H and O–H groups in total. The normalized spacial score (nSPS) is 11.9. The van der Waals surface area contributed by atoms with Crippen LogP contribution in [0.5, 0.6) is 5.75 Å². The maximum absolute atomic E-state index is 12.3. The van der Waals surface area contributed by atoms with E-state index in [1.54, 1.807) is 29.1 Å². The molecule has 0 saturated heterocycles. The van der Waals surface area contributed by atoms with E-state index in [2.05, 4.69) is 10.4 Å². The van der Waals surface area contributed by atoms with E-state index in [4.69, 9.17) is 21.1 Å². The van der Waals surface area contributed by atoms with E-state index in [9.17, 15) is 9.59 Å². The standard InChI is InChI=1S/C17H20ClN3O4/c1-10(2)21-15(7-8-19-21)20-16(22)11(3)25-17(23)13-9-12(18)5-6-14(13)24-4/h5-11H,1-4H3,(H,20,22)/t11-/m1/s1. The Bertz CT molecular complexity index is 773. The monoisotopic (exact) mass is 365 g/mol. The SMILES string of the molecule is COc1ccc(Cl)cc1C(=O)O[C@H](C)C(=O)Nc1ccnn1C(C)C. The molecule has 25 heavy (non-hydrogen) atoms. The molecule has 0 bridgehead atoms. The Morgan fingerprint density at radius 3 is 2.60 bits per heavy atom. The minimum absolute atomic E-state index is 0.0823. The highest BCUT2D eigenvalue weighted by Gasteiger charge is 2.22. The van der Waals surface area contributed by atoms with Gasteiger partial charge in [0.1, 0.15) is 17.1 Å². The number of methoxy groups -OCH3 is 1. The van der Waals surface area contributed by atoms with E-state index >= 15 is 0 Å². The van der Waals surface area contributed by atoms with Crippen molar-refractivity contribution in [2.24, 2.45) is 0 Å². The molecule has 7 nitrogen and oxygen atoms in total. The molecule has 0 saturated carbocycles. The summed E-state index contributed by atoms with van der Waals surface area (Å²) in [6.07, 6.45) is 0.579. The number of esters is 1. The molecular weight excluding hydrogens is 346 g/mol. The number of ether oxygens (including phenoxy) is 2. The predicted molar refractivity (Wildman–Crippen MR) is 94.1 cm³/mol. The van der Waals surface area contributed by atoms with Crippen molar-refractivity contribution in [2.75, 3.05) is 12.4 Å². The van der Waals surface area contributed by atoms with Gasteiger partial charge in [-0.15, -0.1) is 0 Å². The van der Waals surface area contributed by atoms with Gasteiger partial charge in [-0.25, -0.2) is 9.48 Å². The summed E-state index contributed by atoms with van der Waals surface area (Å²) in [5.74, 6) is -0.306. The van der Waals surface area contributed by atoms with Gasteiger partial charge >= 0.3 is 5.97 Å². The number of hydrogen-bond donors (Lipinski definition) is 1. The molecule has 0 aliphatic rings. The van der Waals surface area contributed by atoms with Crippen LogP contribution in [0.25, 0.3) is 0 Å². The molecule has 2 rings (SSSR count). The number of rotatable bonds is 6. The number of nitrogens with one attached hydrogen (secondary N) is 1. The Morgan fingerprint density at radius 1 is 1.24 bits per heavy atom. The first-order chi connectivity index (χ1) is 11.8. The quantitative estimate of drug-likeness (QED) is 0.794. The third-order valence-electron chi connectivity index (χ3n) is 3.45. The van der Waals surface area contributed by atoms with Crippen LogP contribution in [0.3, 0.4) is 0 Å². The second kappa shape index (κ2) is 8.02. The number of aromatic nitrogens is 2. The highest BCUT2D eigenvalue weighted by Crippen LogP contribution is 2.24. The number of nitrogens with zero attached hydrogens (tertiary/aromatic N) is 2. The van der Waals surface area contributed by atoms with Crippen molar-refractivity contribution in [1.29, 1.82) is 0 Å². The predicted octanol–water partition coefficient (Wildman–Crippen LogP) is 3.31. The number of anilines is 1. The van der Waals surface area contributed by atoms with Crippen molar-refractivity contribution in [2.45, 2.75) is 32.9 Å². The van der Waals surface area contributed by atoms with Crippen LogP contribution < -0.4 is 10.1 Å². The van der Waals surface area contributed by atoms with Gasteiger partial charge in [-0.1, -0.05) is 11.6 Å². The topological polar surface area (TPSA) is 82.4 Å². The number of hydrogen-bond acceptors (Lipinski definition) is 5. The number of halogens is 1. The Morgan fingerprint density at radius 2 is 1.96 bits per heavy atom. The molecule has 1 amide bonds. The van der Waals surface area contributed by atoms with Gasteiger partial charge in [0.05, 0.1) is 13.3 Å². The van der Waals surface area contributed by atoms with Crippen LogP contribution >= 0.6 is 11.6 Å². The second-order valence-corrected chi connectivity index (χ2v) is 6.07. The summed E-state index contributed by atoms with van der Waals surface area (Å²) in [5.41, 5.74) is 0.155. The maximum atomic E-state index is 12.3. The largest absolute Gasteiger partial charge is 0.496 e. The Labute approximate surface area is 150 Å². The molecule has 0 spiro atoms. The lowest BCUT2D eigenvalue weighted by molar-refractivity contribution is -0.123. The van der Waals surface area contributed by atoms with E-state index in [1.165, 1.54) is 20.1 Å². The minimum atomic E-state index is -1.01. The van der Waals surface area contributed by atoms with Crippen LogP contribution in [0.2, 0.25) is 5.02 Å². The van der Waals surface area contributed by atoms with Gasteiger partial charge < -0.3 is 14.8 Å². The summed E-state index contributed by atoms with van der Waals surface area (Å²) in [6, 6.07) is 6.35. The molecule has 1 heterocycles. The molecule has 8 heteroatoms. The summed E-state index contributed by atoms with van der Waals surface area (Å²) in [4.78, 5) is 24.6. The van der Waals surface area contributed by atoms with Gasteiger partial charge in [-0.05, 0) is 39.0 Å². The summed E-state index contributed by atoms with van der Waals surface area (Å²) in [6.45, 7) is 5.37. The van der Waals surface area contributed by atoms with Crippen molar-refractivity contribution < 1.29 is 19.1 Å². The molecule has 0 aliphatic heterocycles. The smallest absolute Gasteiger partial charge is 0.342 e. The van der Waals surface area contributed by atoms with Crippen molar-refractivity contribution in [3.05, 3.63) is 41.0 Å². The highest BCUT2D eigenvalue weighted by atomic mass is 35.5. The number of carbonyl (C=O) groups excluding carboxylic acids is 2. The summed E-state index contributed by atoms with van der Waals surface area (Å²) >= 11 is 5.91. The Hall–Kier alpha value is -2.54. The number of amides is 1. The van der Waals surface area contributed by atoms with Crippen molar-refractivity contribution in [3.8, 4) is 5.75 Å². The molecule has 0 fully saturated rings. The fraction of sp³-hybridized carbons (Fsp3) is 0.353. The van der Waals surface area contributed by atoms with Gasteiger partial charge in [-0.2, -0.15) is 5.10 Å². The lowest BCUT2D eigenvalue weighted by Crippen LogP contribution is -2.31. The van der Waals surface area contributed by atoms with E-state index < -0.39 is 18.0 Å². The first-order valence-electron chi connectivity index (χ1n) is 7.72. The maximum Gasteiger partial charge on any atom is 0.342 e. The van der Waals surface area contributed by atoms with Crippen LogP contribution in [-0.4, -0.2) is 34.9 Å². The van der Waals surface area contributed by atoms with Crippen LogP contribution in [0.4, 0.5) is 5.82 Å². The molecule has 2 aromatic rings. The van der Waals surface area contributed by atoms with Crippen molar-refractivity contribution in [1.82, 2.24) is 9.78 Å². The zero-order valence-electron chi connectivity index (χ0n) is 14.4. The van der Waals surface area contributed by atoms with Crippen LogP contribution in [0.1, 0.15) is 37.2 Å². The van der Waals surface area contributed by atoms with Crippen LogP contribution in [0, 0.1) is 0 Å². The molecule has 0 radical (unpaired) electrons. The average Bonchev–Trinajstić information content (AvgIpc) is 3.03. The van der Waals surface area contributed by atoms with E-state index in [1.807, 2.05) is 13.8 Å². The first-order valence-corrected chi connectivity index (χ1v) is 8.10. The summed E-state index contributed by atoms with van der Waals surface area (Å²) in [7, 11) is 1.43. The Kier molecular flexibility index (Phi) is 6.03. The lowest BCUT2D eigenvalue weighted by Gasteiger charge is -2.16. The fourth-order valence-electron chi connectivity index (χ4n) is 2.17. The van der Waals surface area contributed by atoms with Crippen molar-refractivity contribution >= 4 is 29.3 Å². The second-order valence-electron chi connectivity index (χ2n) is 5.64. The van der Waals surface area contributed by atoms with Crippen LogP contribution in [0.15, 0.2) is 30.5 Å². The molecule has 1 aromatic heterocycles. The van der Waals surface area contributed by atoms with E-state index in [0.29, 0.717) is 16.6 Å². The molecule has 134 valence electrons. The van der Waals surface area contributed by atoms with Gasteiger partial charge in [0, 0.05) is 17.1 Å². The fourth-order valence-corrected chi connectivity index (χ4v) is 2.34. The van der Waals surface area contributed by atoms with E-state index in [0.717, 1.165) is 0 Å². The summed E-state index contributed by atoms with van der Waals surface area (Å²) < 4.78 is 12.0. The highest BCUT2D eigenvalue weighted by molar-refractivity contribution is 6.31. The van der Waals surface area contributed by atoms with Gasteiger partial charge in [0.15, 0.2) is 6.10 Å². The molecule has 0 aliphatic carbocycles. The molecule has 1 aromatic carbocycles. The summed E-state index contributed by atoms with van der Waals surface area (Å²) in [5, 5.41) is 7.19. The van der Waals surface area contributed by atoms with Gasteiger partial charge in [0.25, 0.3) is 5.91 Å². The molecular formula is C17H20ClN3O4. The van der Waals surface area contributed by atoms with Gasteiger partial charge in [-0.3, -0.25) is 4.79 Å². The Balaban J connectivity index is 2.07. The lowest BCUT2D eigenvalue weighted by atomic mass is 10.2. The minimum Gasteiger partial charge on any atom is -0.496 e. The van der Waals surface area contributed by atoms with Crippen molar-refractivity contribution in [3.63, 3.8) is 0 Å².